The Labute approximate surface area is 41.7 Å². The molecule has 0 atom stereocenters. The lowest BCUT2D eigenvalue weighted by Gasteiger charge is -1.75. The van der Waals surface area contributed by atoms with Crippen molar-refractivity contribution >= 4 is 5.84 Å². The third-order valence-corrected chi connectivity index (χ3v) is 0.505. The molecule has 0 rings (SSSR count). The molecule has 0 spiro atoms. The molecule has 3 nitrogen and oxygen atoms in total. The Balaban J connectivity index is 3.85. The van der Waals surface area contributed by atoms with E-state index >= 15 is 0 Å². The SMILES string of the molecule is C=CC(N=O)=NC. The fraction of sp³-hybridized carbons (Fsp3) is 0.250. The van der Waals surface area contributed by atoms with Crippen LogP contribution >= 0.6 is 0 Å². The second kappa shape index (κ2) is 3.21. The molecule has 0 aliphatic carbocycles. The number of hydrogen-bond acceptors (Lipinski definition) is 2. The Morgan fingerprint density at radius 2 is 2.43 bits per heavy atom. The first-order chi connectivity index (χ1) is 3.35. The van der Waals surface area contributed by atoms with Gasteiger partial charge < -0.3 is 0 Å². The molecule has 0 amide bonds. The van der Waals surface area contributed by atoms with Crippen LogP contribution in [0.2, 0.25) is 0 Å². The van der Waals surface area contributed by atoms with Crippen LogP contribution in [-0.4, -0.2) is 12.9 Å². The summed E-state index contributed by atoms with van der Waals surface area (Å²) in [5, 5.41) is 2.51. The topological polar surface area (TPSA) is 41.8 Å². The lowest BCUT2D eigenvalue weighted by atomic mass is 10.6. The summed E-state index contributed by atoms with van der Waals surface area (Å²) >= 11 is 0. The van der Waals surface area contributed by atoms with Gasteiger partial charge >= 0.3 is 0 Å². The van der Waals surface area contributed by atoms with E-state index in [0.717, 1.165) is 0 Å². The molecule has 0 radical (unpaired) electrons. The Morgan fingerprint density at radius 1 is 1.86 bits per heavy atom. The van der Waals surface area contributed by atoms with Gasteiger partial charge in [0.2, 0.25) is 0 Å². The molecular formula is C4H6N2O. The first kappa shape index (κ1) is 6.01. The Morgan fingerprint density at radius 3 is 2.43 bits per heavy atom. The Kier molecular flexibility index (Phi) is 2.76. The summed E-state index contributed by atoms with van der Waals surface area (Å²) in [5.74, 6) is 0.139. The van der Waals surface area contributed by atoms with E-state index in [1.54, 1.807) is 0 Å². The molecule has 0 aromatic heterocycles. The predicted molar refractivity (Wildman–Crippen MR) is 29.4 cm³/mol. The van der Waals surface area contributed by atoms with Crippen LogP contribution in [0.15, 0.2) is 22.8 Å². The lowest BCUT2D eigenvalue weighted by molar-refractivity contribution is 1.40. The van der Waals surface area contributed by atoms with Crippen molar-refractivity contribution in [2.24, 2.45) is 10.2 Å². The Bertz CT molecular complexity index is 96.3. The zero-order valence-corrected chi connectivity index (χ0v) is 4.09. The van der Waals surface area contributed by atoms with E-state index in [1.807, 2.05) is 0 Å². The minimum absolute atomic E-state index is 0.139. The van der Waals surface area contributed by atoms with E-state index in [2.05, 4.69) is 16.7 Å². The van der Waals surface area contributed by atoms with Gasteiger partial charge in [-0.25, -0.2) is 0 Å². The second-order valence-electron chi connectivity index (χ2n) is 0.877. The summed E-state index contributed by atoms with van der Waals surface area (Å²) in [5.41, 5.74) is 0. The normalized spacial score (nSPS) is 10.7. The monoisotopic (exact) mass is 98.0 g/mol. The molecule has 0 fully saturated rings. The molecule has 0 aromatic carbocycles. The van der Waals surface area contributed by atoms with Gasteiger partial charge in [0.15, 0.2) is 5.84 Å². The molecule has 0 saturated heterocycles. The minimum atomic E-state index is 0.139. The molecule has 0 unspecified atom stereocenters. The number of hydrogen-bond donors (Lipinski definition) is 0. The van der Waals surface area contributed by atoms with Crippen LogP contribution in [0.1, 0.15) is 0 Å². The number of nitroso groups, excluding NO2 is 1. The fourth-order valence-corrected chi connectivity index (χ4v) is 0.169. The van der Waals surface area contributed by atoms with E-state index in [-0.39, 0.29) is 5.84 Å². The smallest absolute Gasteiger partial charge is 0.191 e. The molecule has 0 aliphatic heterocycles. The zero-order chi connectivity index (χ0) is 5.70. The van der Waals surface area contributed by atoms with Gasteiger partial charge in [0, 0.05) is 7.05 Å². The number of rotatable bonds is 1. The van der Waals surface area contributed by atoms with Gasteiger partial charge in [-0.2, -0.15) is 0 Å². The standard InChI is InChI=1S/C4H6N2O/c1-3-4(5-2)6-7/h3H,1H2,2H3. The average Bonchev–Trinajstić information content (AvgIpc) is 1.72. The number of nitrogens with zero attached hydrogens (tertiary/aromatic N) is 2. The molecule has 7 heavy (non-hydrogen) atoms. The van der Waals surface area contributed by atoms with Crippen LogP contribution in [0, 0.1) is 4.91 Å². The summed E-state index contributed by atoms with van der Waals surface area (Å²) in [7, 11) is 1.48. The number of aliphatic imine (C=N–C) groups is 1. The lowest BCUT2D eigenvalue weighted by Crippen LogP contribution is -1.81. The first-order valence-electron chi connectivity index (χ1n) is 1.77. The van der Waals surface area contributed by atoms with Crippen LogP contribution in [0.25, 0.3) is 0 Å². The molecule has 3 heteroatoms. The fourth-order valence-electron chi connectivity index (χ4n) is 0.169. The van der Waals surface area contributed by atoms with Gasteiger partial charge in [-0.15, -0.1) is 4.91 Å². The van der Waals surface area contributed by atoms with Gasteiger partial charge in [-0.05, 0) is 11.3 Å². The third-order valence-electron chi connectivity index (χ3n) is 0.505. The summed E-state index contributed by atoms with van der Waals surface area (Å²) in [6.45, 7) is 3.28. The molecule has 0 saturated carbocycles. The van der Waals surface area contributed by atoms with Crippen molar-refractivity contribution in [2.45, 2.75) is 0 Å². The van der Waals surface area contributed by atoms with E-state index in [1.165, 1.54) is 13.1 Å². The highest BCUT2D eigenvalue weighted by Crippen LogP contribution is 1.76. The maximum absolute atomic E-state index is 9.52. The largest absolute Gasteiger partial charge is 0.267 e. The van der Waals surface area contributed by atoms with Crippen LogP contribution in [-0.2, 0) is 0 Å². The maximum Gasteiger partial charge on any atom is 0.191 e. The van der Waals surface area contributed by atoms with Crippen molar-refractivity contribution in [3.05, 3.63) is 17.6 Å². The highest BCUT2D eigenvalue weighted by Gasteiger charge is 1.81. The van der Waals surface area contributed by atoms with Crippen molar-refractivity contribution in [1.29, 1.82) is 0 Å². The Hall–Kier alpha value is -0.990. The summed E-state index contributed by atoms with van der Waals surface area (Å²) in [4.78, 5) is 13.0. The molecule has 38 valence electrons. The van der Waals surface area contributed by atoms with Crippen molar-refractivity contribution in [2.75, 3.05) is 7.05 Å². The van der Waals surface area contributed by atoms with E-state index in [4.69, 9.17) is 0 Å². The van der Waals surface area contributed by atoms with E-state index in [9.17, 15) is 4.91 Å². The van der Waals surface area contributed by atoms with Crippen LogP contribution < -0.4 is 0 Å². The zero-order valence-electron chi connectivity index (χ0n) is 4.09. The van der Waals surface area contributed by atoms with Gasteiger partial charge in [0.25, 0.3) is 0 Å². The van der Waals surface area contributed by atoms with Gasteiger partial charge in [0.05, 0.1) is 0 Å². The summed E-state index contributed by atoms with van der Waals surface area (Å²) < 4.78 is 0. The van der Waals surface area contributed by atoms with Crippen LogP contribution in [0.3, 0.4) is 0 Å². The second-order valence-corrected chi connectivity index (χ2v) is 0.877. The van der Waals surface area contributed by atoms with E-state index in [0.29, 0.717) is 0 Å². The van der Waals surface area contributed by atoms with Crippen molar-refractivity contribution in [3.63, 3.8) is 0 Å². The molecule has 0 aromatic rings. The summed E-state index contributed by atoms with van der Waals surface area (Å²) in [6, 6.07) is 0. The van der Waals surface area contributed by atoms with Crippen molar-refractivity contribution in [1.82, 2.24) is 0 Å². The molecule has 0 bridgehead atoms. The van der Waals surface area contributed by atoms with Crippen molar-refractivity contribution < 1.29 is 0 Å². The molecule has 0 N–H and O–H groups in total. The first-order valence-corrected chi connectivity index (χ1v) is 1.77. The third kappa shape index (κ3) is 1.81. The van der Waals surface area contributed by atoms with Crippen LogP contribution in [0.5, 0.6) is 0 Å². The molecule has 0 aliphatic rings. The molecular weight excluding hydrogens is 92.1 g/mol. The minimum Gasteiger partial charge on any atom is -0.267 e. The van der Waals surface area contributed by atoms with E-state index < -0.39 is 0 Å². The van der Waals surface area contributed by atoms with Gasteiger partial charge in [0.1, 0.15) is 0 Å². The molecule has 0 heterocycles. The number of amidine groups is 1. The maximum atomic E-state index is 9.52. The van der Waals surface area contributed by atoms with Crippen LogP contribution in [0.4, 0.5) is 0 Å². The predicted octanol–water partition coefficient (Wildman–Crippen LogP) is 0.967. The summed E-state index contributed by atoms with van der Waals surface area (Å²) in [6.07, 6.45) is 1.30. The average molecular weight is 98.1 g/mol. The highest BCUT2D eigenvalue weighted by atomic mass is 16.3. The highest BCUT2D eigenvalue weighted by molar-refractivity contribution is 5.92. The van der Waals surface area contributed by atoms with Crippen molar-refractivity contribution in [3.8, 4) is 0 Å². The van der Waals surface area contributed by atoms with Gasteiger partial charge in [-0.1, -0.05) is 6.58 Å². The quantitative estimate of drug-likeness (QED) is 0.273. The van der Waals surface area contributed by atoms with Gasteiger partial charge in [-0.3, -0.25) is 4.99 Å².